The van der Waals surface area contributed by atoms with Crippen molar-refractivity contribution in [1.29, 1.82) is 0 Å². The van der Waals surface area contributed by atoms with Crippen molar-refractivity contribution in [3.05, 3.63) is 60.8 Å². The molecule has 0 bridgehead atoms. The first-order valence-electron chi connectivity index (χ1n) is 26.8. The van der Waals surface area contributed by atoms with Gasteiger partial charge in [0.15, 0.2) is 6.10 Å². The summed E-state index contributed by atoms with van der Waals surface area (Å²) >= 11 is 0. The second-order valence-corrected chi connectivity index (χ2v) is 17.8. The first-order chi connectivity index (χ1) is 31.0. The van der Waals surface area contributed by atoms with Gasteiger partial charge in [0.25, 0.3) is 0 Å². The molecule has 0 aromatic rings. The van der Waals surface area contributed by atoms with Crippen LogP contribution in [0.5, 0.6) is 0 Å². The second kappa shape index (κ2) is 51.7. The summed E-state index contributed by atoms with van der Waals surface area (Å²) in [6, 6.07) is 0. The maximum Gasteiger partial charge on any atom is 0.306 e. The van der Waals surface area contributed by atoms with E-state index in [1.165, 1.54) is 141 Å². The largest absolute Gasteiger partial charge is 0.462 e. The predicted octanol–water partition coefficient (Wildman–Crippen LogP) is 17.6. The van der Waals surface area contributed by atoms with E-state index in [4.69, 9.17) is 14.2 Å². The van der Waals surface area contributed by atoms with Crippen molar-refractivity contribution in [3.63, 3.8) is 0 Å². The third kappa shape index (κ3) is 50.0. The Bertz CT molecular complexity index is 1150. The number of allylic oxidation sites excluding steroid dienone is 10. The molecule has 0 saturated carbocycles. The van der Waals surface area contributed by atoms with Crippen LogP contribution in [-0.2, 0) is 28.6 Å². The van der Waals surface area contributed by atoms with Gasteiger partial charge in [-0.2, -0.15) is 0 Å². The number of carbonyl (C=O) groups excluding carboxylic acids is 3. The molecule has 0 N–H and O–H groups in total. The van der Waals surface area contributed by atoms with Crippen molar-refractivity contribution in [2.75, 3.05) is 13.2 Å². The van der Waals surface area contributed by atoms with Crippen LogP contribution in [0, 0.1) is 0 Å². The highest BCUT2D eigenvalue weighted by molar-refractivity contribution is 5.71. The number of ether oxygens (including phenoxy) is 3. The molecule has 364 valence electrons. The highest BCUT2D eigenvalue weighted by atomic mass is 16.6. The topological polar surface area (TPSA) is 78.9 Å². The number of unbranched alkanes of at least 4 members (excludes halogenated alkanes) is 27. The summed E-state index contributed by atoms with van der Waals surface area (Å²) in [4.78, 5) is 37.9. The minimum Gasteiger partial charge on any atom is -0.462 e. The van der Waals surface area contributed by atoms with Crippen LogP contribution in [0.25, 0.3) is 0 Å². The van der Waals surface area contributed by atoms with Gasteiger partial charge in [-0.1, -0.05) is 248 Å². The van der Waals surface area contributed by atoms with Crippen molar-refractivity contribution in [2.24, 2.45) is 0 Å². The fourth-order valence-corrected chi connectivity index (χ4v) is 7.54. The molecule has 0 aliphatic carbocycles. The van der Waals surface area contributed by atoms with Gasteiger partial charge >= 0.3 is 17.9 Å². The van der Waals surface area contributed by atoms with Gasteiger partial charge in [-0.3, -0.25) is 14.4 Å². The maximum atomic E-state index is 12.8. The first kappa shape index (κ1) is 60.1. The number of esters is 3. The van der Waals surface area contributed by atoms with Crippen molar-refractivity contribution in [2.45, 2.75) is 271 Å². The van der Waals surface area contributed by atoms with E-state index in [-0.39, 0.29) is 37.5 Å². The Morgan fingerprint density at radius 3 is 0.952 bits per heavy atom. The quantitative estimate of drug-likeness (QED) is 0.0262. The molecule has 6 nitrogen and oxygen atoms in total. The highest BCUT2D eigenvalue weighted by Gasteiger charge is 2.19. The molecule has 0 aromatic heterocycles. The summed E-state index contributed by atoms with van der Waals surface area (Å²) in [6.45, 7) is 6.49. The zero-order valence-corrected chi connectivity index (χ0v) is 41.6. The minimum atomic E-state index is -0.799. The van der Waals surface area contributed by atoms with Gasteiger partial charge in [-0.15, -0.1) is 0 Å². The van der Waals surface area contributed by atoms with E-state index >= 15 is 0 Å². The van der Waals surface area contributed by atoms with Crippen LogP contribution in [0.4, 0.5) is 0 Å². The van der Waals surface area contributed by atoms with Gasteiger partial charge in [0.1, 0.15) is 13.2 Å². The fourth-order valence-electron chi connectivity index (χ4n) is 7.54. The molecular formula is C57H100O6. The summed E-state index contributed by atoms with van der Waals surface area (Å²) in [5.41, 5.74) is 0. The lowest BCUT2D eigenvalue weighted by Crippen LogP contribution is -2.30. The van der Waals surface area contributed by atoms with E-state index in [0.717, 1.165) is 77.0 Å². The molecule has 0 fully saturated rings. The third-order valence-corrected chi connectivity index (χ3v) is 11.5. The molecule has 1 atom stereocenters. The third-order valence-electron chi connectivity index (χ3n) is 11.5. The molecule has 0 aromatic carbocycles. The average molecular weight is 881 g/mol. The van der Waals surface area contributed by atoms with Crippen molar-refractivity contribution >= 4 is 17.9 Å². The SMILES string of the molecule is CC/C=C\C/C=C\C/C=C\C/C=C\C/C=C\CCCC(=O)OC(COC(=O)CCCCCCCCCCCC)COC(=O)CCCCCCCCCCCCCCCCCCCC. The van der Waals surface area contributed by atoms with E-state index < -0.39 is 6.10 Å². The van der Waals surface area contributed by atoms with Crippen LogP contribution in [-0.4, -0.2) is 37.2 Å². The van der Waals surface area contributed by atoms with Crippen LogP contribution >= 0.6 is 0 Å². The monoisotopic (exact) mass is 881 g/mol. The van der Waals surface area contributed by atoms with Crippen LogP contribution in [0.3, 0.4) is 0 Å². The van der Waals surface area contributed by atoms with E-state index in [9.17, 15) is 14.4 Å². The first-order valence-corrected chi connectivity index (χ1v) is 26.8. The normalized spacial score (nSPS) is 12.5. The lowest BCUT2D eigenvalue weighted by atomic mass is 10.0. The fraction of sp³-hybridized carbons (Fsp3) is 0.772. The molecule has 6 heteroatoms. The molecular weight excluding hydrogens is 781 g/mol. The van der Waals surface area contributed by atoms with Gasteiger partial charge in [-0.25, -0.2) is 0 Å². The van der Waals surface area contributed by atoms with E-state index in [1.807, 2.05) is 0 Å². The number of hydrogen-bond donors (Lipinski definition) is 0. The standard InChI is InChI=1S/C57H100O6/c1-4-7-10-13-16-19-22-24-26-28-30-31-33-35-38-41-44-47-50-56(59)62-53-54(52-61-55(58)49-46-43-40-37-21-18-15-12-9-6-3)63-57(60)51-48-45-42-39-36-34-32-29-27-25-23-20-17-14-11-8-5-2/h8,11,17,20,25,27,32,34,39,42,54H,4-7,9-10,12-16,18-19,21-24,26,28-31,33,35-38,40-41,43-53H2,1-3H3/b11-8-,20-17-,27-25-,34-32-,42-39-. The average Bonchev–Trinajstić information content (AvgIpc) is 3.28. The van der Waals surface area contributed by atoms with Crippen molar-refractivity contribution in [3.8, 4) is 0 Å². The molecule has 0 aliphatic rings. The van der Waals surface area contributed by atoms with Crippen LogP contribution in [0.1, 0.15) is 265 Å². The Kier molecular flexibility index (Phi) is 49.4. The summed E-state index contributed by atoms with van der Waals surface area (Å²) in [7, 11) is 0. The Labute approximate surface area is 390 Å². The van der Waals surface area contributed by atoms with Gasteiger partial charge in [0.2, 0.25) is 0 Å². The molecule has 1 unspecified atom stereocenters. The molecule has 0 rings (SSSR count). The number of carbonyl (C=O) groups is 3. The van der Waals surface area contributed by atoms with E-state index in [2.05, 4.69) is 81.5 Å². The zero-order valence-electron chi connectivity index (χ0n) is 41.6. The van der Waals surface area contributed by atoms with Crippen LogP contribution < -0.4 is 0 Å². The van der Waals surface area contributed by atoms with Crippen LogP contribution in [0.2, 0.25) is 0 Å². The minimum absolute atomic E-state index is 0.0933. The lowest BCUT2D eigenvalue weighted by Gasteiger charge is -2.18. The molecule has 0 aliphatic heterocycles. The van der Waals surface area contributed by atoms with Gasteiger partial charge in [0.05, 0.1) is 0 Å². The molecule has 63 heavy (non-hydrogen) atoms. The van der Waals surface area contributed by atoms with Gasteiger partial charge < -0.3 is 14.2 Å². The Morgan fingerprint density at radius 1 is 0.333 bits per heavy atom. The molecule has 0 saturated heterocycles. The second-order valence-electron chi connectivity index (χ2n) is 17.8. The van der Waals surface area contributed by atoms with E-state index in [0.29, 0.717) is 19.3 Å². The van der Waals surface area contributed by atoms with E-state index in [1.54, 1.807) is 0 Å². The highest BCUT2D eigenvalue weighted by Crippen LogP contribution is 2.16. The summed E-state index contributed by atoms with van der Waals surface area (Å²) in [5.74, 6) is -0.945. The summed E-state index contributed by atoms with van der Waals surface area (Å²) in [6.07, 6.45) is 63.6. The van der Waals surface area contributed by atoms with Crippen LogP contribution in [0.15, 0.2) is 60.8 Å². The summed E-state index contributed by atoms with van der Waals surface area (Å²) < 4.78 is 16.8. The van der Waals surface area contributed by atoms with Crippen molar-refractivity contribution < 1.29 is 28.6 Å². The molecule has 0 amide bonds. The maximum absolute atomic E-state index is 12.8. The number of rotatable bonds is 48. The Morgan fingerprint density at radius 2 is 0.619 bits per heavy atom. The molecule has 0 spiro atoms. The zero-order chi connectivity index (χ0) is 45.8. The predicted molar refractivity (Wildman–Crippen MR) is 270 cm³/mol. The smallest absolute Gasteiger partial charge is 0.306 e. The van der Waals surface area contributed by atoms with Crippen molar-refractivity contribution in [1.82, 2.24) is 0 Å². The Hall–Kier alpha value is -2.89. The number of hydrogen-bond acceptors (Lipinski definition) is 6. The summed E-state index contributed by atoms with van der Waals surface area (Å²) in [5, 5.41) is 0. The van der Waals surface area contributed by atoms with Gasteiger partial charge in [0, 0.05) is 19.3 Å². The molecule has 0 radical (unpaired) electrons. The van der Waals surface area contributed by atoms with Gasteiger partial charge in [-0.05, 0) is 57.8 Å². The molecule has 0 heterocycles. The lowest BCUT2D eigenvalue weighted by molar-refractivity contribution is -0.167. The Balaban J connectivity index is 4.39.